The van der Waals surface area contributed by atoms with E-state index in [9.17, 15) is 9.18 Å². The zero-order chi connectivity index (χ0) is 13.4. The van der Waals surface area contributed by atoms with Crippen LogP contribution in [0.25, 0.3) is 0 Å². The van der Waals surface area contributed by atoms with E-state index in [0.717, 1.165) is 24.5 Å². The third kappa shape index (κ3) is 4.05. The first kappa shape index (κ1) is 14.0. The summed E-state index contributed by atoms with van der Waals surface area (Å²) in [4.78, 5) is 10.9. The van der Waals surface area contributed by atoms with Gasteiger partial charge >= 0.3 is 0 Å². The van der Waals surface area contributed by atoms with E-state index in [4.69, 9.17) is 10.5 Å². The highest BCUT2D eigenvalue weighted by Crippen LogP contribution is 2.18. The molecule has 0 unspecified atom stereocenters. The molecular formula is C14H16FNO2. The maximum atomic E-state index is 12.6. The van der Waals surface area contributed by atoms with Gasteiger partial charge in [0, 0.05) is 6.20 Å². The fraction of sp³-hybridized carbons (Fsp3) is 0.214. The zero-order valence-corrected chi connectivity index (χ0v) is 10.2. The third-order valence-electron chi connectivity index (χ3n) is 2.38. The molecule has 0 radical (unpaired) electrons. The number of halogens is 1. The van der Waals surface area contributed by atoms with Crippen LogP contribution >= 0.6 is 0 Å². The number of aldehydes is 1. The molecule has 96 valence electrons. The normalized spacial score (nSPS) is 11.8. The summed E-state index contributed by atoms with van der Waals surface area (Å²) in [5.74, 6) is -0.0421. The Morgan fingerprint density at radius 3 is 2.89 bits per heavy atom. The number of ether oxygens (including phenoxy) is 1. The number of allylic oxidation sites excluding steroid dienone is 2. The second kappa shape index (κ2) is 7.27. The number of hydrogen-bond donors (Lipinski definition) is 1. The van der Waals surface area contributed by atoms with Gasteiger partial charge in [0.2, 0.25) is 0 Å². The Kier molecular flexibility index (Phi) is 5.64. The number of aryl methyl sites for hydroxylation is 1. The van der Waals surface area contributed by atoms with Crippen molar-refractivity contribution in [1.82, 2.24) is 0 Å². The number of nitrogens with two attached hydrogens (primary N) is 1. The Bertz CT molecular complexity index is 467. The molecule has 4 heteroatoms. The average Bonchev–Trinajstić information content (AvgIpc) is 2.43. The van der Waals surface area contributed by atoms with Crippen LogP contribution in [0, 0.1) is 0 Å². The van der Waals surface area contributed by atoms with Crippen molar-refractivity contribution in [2.45, 2.75) is 13.3 Å². The molecule has 0 saturated heterocycles. The Morgan fingerprint density at radius 1 is 1.50 bits per heavy atom. The Balaban J connectivity index is 2.67. The summed E-state index contributed by atoms with van der Waals surface area (Å²) >= 11 is 0. The smallest absolute Gasteiger partial charge is 0.153 e. The van der Waals surface area contributed by atoms with Crippen molar-refractivity contribution < 1.29 is 13.9 Å². The molecule has 0 spiro atoms. The van der Waals surface area contributed by atoms with E-state index < -0.39 is 5.83 Å². The molecule has 2 N–H and O–H groups in total. The van der Waals surface area contributed by atoms with Gasteiger partial charge in [-0.2, -0.15) is 0 Å². The summed E-state index contributed by atoms with van der Waals surface area (Å²) in [6.45, 7) is 2.18. The van der Waals surface area contributed by atoms with Crippen LogP contribution in [0.2, 0.25) is 0 Å². The van der Waals surface area contributed by atoms with E-state index >= 15 is 0 Å². The first-order valence-corrected chi connectivity index (χ1v) is 5.66. The van der Waals surface area contributed by atoms with Crippen LogP contribution in [-0.2, 0) is 6.42 Å². The van der Waals surface area contributed by atoms with E-state index in [1.165, 1.54) is 12.2 Å². The molecule has 0 aromatic heterocycles. The topological polar surface area (TPSA) is 52.3 Å². The van der Waals surface area contributed by atoms with Gasteiger partial charge in [-0.3, -0.25) is 4.79 Å². The molecule has 0 atom stereocenters. The SMILES string of the molecule is CCc1ccc(OC/C=C\C(F)=C/N)c(C=O)c1. The van der Waals surface area contributed by atoms with Crippen LogP contribution in [0.3, 0.4) is 0 Å². The summed E-state index contributed by atoms with van der Waals surface area (Å²) in [5.41, 5.74) is 6.53. The van der Waals surface area contributed by atoms with Crippen molar-refractivity contribution in [3.8, 4) is 5.75 Å². The fourth-order valence-electron chi connectivity index (χ4n) is 1.40. The second-order valence-corrected chi connectivity index (χ2v) is 3.61. The molecule has 0 saturated carbocycles. The standard InChI is InChI=1S/C14H16FNO2/c1-2-11-5-6-14(12(8-11)10-17)18-7-3-4-13(15)9-16/h3-6,8-10H,2,7,16H2,1H3/b4-3-,13-9+. The first-order valence-electron chi connectivity index (χ1n) is 5.66. The van der Waals surface area contributed by atoms with Crippen LogP contribution in [0.1, 0.15) is 22.8 Å². The molecule has 18 heavy (non-hydrogen) atoms. The molecule has 0 fully saturated rings. The number of rotatable bonds is 6. The summed E-state index contributed by atoms with van der Waals surface area (Å²) < 4.78 is 18.0. The summed E-state index contributed by atoms with van der Waals surface area (Å²) in [6, 6.07) is 5.42. The van der Waals surface area contributed by atoms with Gasteiger partial charge in [-0.1, -0.05) is 13.0 Å². The molecule has 0 aliphatic carbocycles. The molecule has 0 amide bonds. The number of carbonyl (C=O) groups is 1. The predicted octanol–water partition coefficient (Wildman–Crippen LogP) is 2.77. The van der Waals surface area contributed by atoms with E-state index in [1.54, 1.807) is 12.1 Å². The second-order valence-electron chi connectivity index (χ2n) is 3.61. The lowest BCUT2D eigenvalue weighted by Crippen LogP contribution is -1.98. The monoisotopic (exact) mass is 249 g/mol. The van der Waals surface area contributed by atoms with Gasteiger partial charge in [0.15, 0.2) is 6.29 Å². The third-order valence-corrected chi connectivity index (χ3v) is 2.38. The van der Waals surface area contributed by atoms with Gasteiger partial charge < -0.3 is 10.5 Å². The van der Waals surface area contributed by atoms with Crippen molar-refractivity contribution >= 4 is 6.29 Å². The first-order chi connectivity index (χ1) is 8.71. The fourth-order valence-corrected chi connectivity index (χ4v) is 1.40. The highest BCUT2D eigenvalue weighted by atomic mass is 19.1. The van der Waals surface area contributed by atoms with Crippen molar-refractivity contribution in [2.24, 2.45) is 5.73 Å². The number of hydrogen-bond acceptors (Lipinski definition) is 3. The Labute approximate surface area is 106 Å². The van der Waals surface area contributed by atoms with Crippen molar-refractivity contribution in [3.63, 3.8) is 0 Å². The number of carbonyl (C=O) groups excluding carboxylic acids is 1. The lowest BCUT2D eigenvalue weighted by atomic mass is 10.1. The molecular weight excluding hydrogens is 233 g/mol. The largest absolute Gasteiger partial charge is 0.489 e. The Hall–Kier alpha value is -2.10. The van der Waals surface area contributed by atoms with Gasteiger partial charge in [-0.15, -0.1) is 0 Å². The highest BCUT2D eigenvalue weighted by molar-refractivity contribution is 5.79. The van der Waals surface area contributed by atoms with Gasteiger partial charge in [0.1, 0.15) is 18.2 Å². The molecule has 0 heterocycles. The van der Waals surface area contributed by atoms with Crippen LogP contribution in [0.15, 0.2) is 42.4 Å². The van der Waals surface area contributed by atoms with Gasteiger partial charge in [-0.25, -0.2) is 4.39 Å². The van der Waals surface area contributed by atoms with Crippen LogP contribution in [0.4, 0.5) is 4.39 Å². The van der Waals surface area contributed by atoms with Gasteiger partial charge in [0.25, 0.3) is 0 Å². The molecule has 3 nitrogen and oxygen atoms in total. The summed E-state index contributed by atoms with van der Waals surface area (Å²) in [6.07, 6.45) is 5.16. The maximum Gasteiger partial charge on any atom is 0.153 e. The van der Waals surface area contributed by atoms with Crippen molar-refractivity contribution in [3.05, 3.63) is 53.5 Å². The van der Waals surface area contributed by atoms with E-state index in [1.807, 2.05) is 13.0 Å². The molecule has 1 rings (SSSR count). The number of benzene rings is 1. The quantitative estimate of drug-likeness (QED) is 0.623. The van der Waals surface area contributed by atoms with Crippen LogP contribution in [-0.4, -0.2) is 12.9 Å². The van der Waals surface area contributed by atoms with Crippen molar-refractivity contribution in [1.29, 1.82) is 0 Å². The molecule has 1 aromatic carbocycles. The van der Waals surface area contributed by atoms with Crippen LogP contribution < -0.4 is 10.5 Å². The zero-order valence-electron chi connectivity index (χ0n) is 10.2. The van der Waals surface area contributed by atoms with Crippen LogP contribution in [0.5, 0.6) is 5.75 Å². The summed E-state index contributed by atoms with van der Waals surface area (Å²) in [7, 11) is 0. The van der Waals surface area contributed by atoms with E-state index in [2.05, 4.69) is 0 Å². The minimum atomic E-state index is -0.532. The van der Waals surface area contributed by atoms with Gasteiger partial charge in [-0.05, 0) is 36.3 Å². The summed E-state index contributed by atoms with van der Waals surface area (Å²) in [5, 5.41) is 0. The average molecular weight is 249 g/mol. The minimum absolute atomic E-state index is 0.174. The van der Waals surface area contributed by atoms with E-state index in [-0.39, 0.29) is 6.61 Å². The molecule has 0 aliphatic heterocycles. The van der Waals surface area contributed by atoms with Gasteiger partial charge in [0.05, 0.1) is 5.56 Å². The van der Waals surface area contributed by atoms with Crippen molar-refractivity contribution in [2.75, 3.05) is 6.61 Å². The molecule has 0 aliphatic rings. The van der Waals surface area contributed by atoms with E-state index in [0.29, 0.717) is 11.3 Å². The predicted molar refractivity (Wildman–Crippen MR) is 69.2 cm³/mol. The lowest BCUT2D eigenvalue weighted by Gasteiger charge is -2.07. The lowest BCUT2D eigenvalue weighted by molar-refractivity contribution is 0.112. The molecule has 1 aromatic rings. The maximum absolute atomic E-state index is 12.6. The molecule has 0 bridgehead atoms. The highest BCUT2D eigenvalue weighted by Gasteiger charge is 2.03. The minimum Gasteiger partial charge on any atom is -0.489 e. The Morgan fingerprint density at radius 2 is 2.28 bits per heavy atom.